The summed E-state index contributed by atoms with van der Waals surface area (Å²) in [7, 11) is 0. The van der Waals surface area contributed by atoms with Crippen LogP contribution in [0.2, 0.25) is 0 Å². The molecule has 0 saturated heterocycles. The highest BCUT2D eigenvalue weighted by atomic mass is 14.8. The molecule has 2 heterocycles. The second kappa shape index (κ2) is 11.5. The zero-order chi connectivity index (χ0) is 31.2. The summed E-state index contributed by atoms with van der Waals surface area (Å²) in [5.74, 6) is 0.376. The Balaban J connectivity index is 1.27. The molecule has 0 atom stereocenters. The van der Waals surface area contributed by atoms with Crippen LogP contribution in [0.3, 0.4) is 0 Å². The lowest BCUT2D eigenvalue weighted by Gasteiger charge is -2.22. The predicted octanol–water partition coefficient (Wildman–Crippen LogP) is 12.3. The summed E-state index contributed by atoms with van der Waals surface area (Å²) in [4.78, 5) is 4.92. The summed E-state index contributed by atoms with van der Waals surface area (Å²) in [5, 5.41) is 12.0. The topological polar surface area (TPSA) is 27.0 Å². The SMILES string of the molecule is Cc1ccccc1-c1c2ccccc2c(-c2ccc3cc(-c4cc(C5=C[N-]CC=C5)c(C(C)C)cn4)ccc3c2)c2ccccc12. The molecule has 8 rings (SSSR count). The smallest absolute Gasteiger partial charge is 0.0708 e. The largest absolute Gasteiger partial charge is 0.687 e. The molecule has 0 fully saturated rings. The Kier molecular flexibility index (Phi) is 6.99. The molecular weight excluding hydrogens is 556 g/mol. The van der Waals surface area contributed by atoms with E-state index >= 15 is 0 Å². The summed E-state index contributed by atoms with van der Waals surface area (Å²) in [6, 6.07) is 42.3. The van der Waals surface area contributed by atoms with E-state index in [0.717, 1.165) is 23.4 Å². The number of hydrogen-bond donors (Lipinski definition) is 0. The van der Waals surface area contributed by atoms with E-state index in [1.807, 2.05) is 12.4 Å². The van der Waals surface area contributed by atoms with Crippen LogP contribution < -0.4 is 0 Å². The van der Waals surface area contributed by atoms with Gasteiger partial charge in [-0.2, -0.15) is 6.20 Å². The Morgan fingerprint density at radius 1 is 0.630 bits per heavy atom. The van der Waals surface area contributed by atoms with Gasteiger partial charge in [0.05, 0.1) is 5.69 Å². The lowest BCUT2D eigenvalue weighted by Crippen LogP contribution is -2.00. The molecule has 2 heteroatoms. The zero-order valence-electron chi connectivity index (χ0n) is 26.5. The standard InChI is InChI=1S/C44H35N2/c1-28(2)41-27-46-42(25-40(41)34-12-10-22-45-26-34)32-20-18-31-24-33(21-19-30(31)23-32)43-36-14-6-8-16-38(36)44(35-13-5-4-11-29(35)3)39-17-9-7-15-37(39)43/h4-21,23-28H,22H2,1-3H3/q-1. The highest BCUT2D eigenvalue weighted by Crippen LogP contribution is 2.45. The Hall–Kier alpha value is -5.47. The van der Waals surface area contributed by atoms with E-state index in [-0.39, 0.29) is 0 Å². The Morgan fingerprint density at radius 3 is 1.87 bits per heavy atom. The minimum atomic E-state index is 0.376. The van der Waals surface area contributed by atoms with E-state index in [0.29, 0.717) is 5.92 Å². The minimum Gasteiger partial charge on any atom is -0.687 e. The fraction of sp³-hybridized carbons (Fsp3) is 0.114. The van der Waals surface area contributed by atoms with Crippen LogP contribution >= 0.6 is 0 Å². The third-order valence-corrected chi connectivity index (χ3v) is 9.38. The maximum atomic E-state index is 4.92. The van der Waals surface area contributed by atoms with E-state index in [9.17, 15) is 0 Å². The van der Waals surface area contributed by atoms with Gasteiger partial charge in [-0.15, -0.1) is 12.6 Å². The van der Waals surface area contributed by atoms with Gasteiger partial charge in [-0.05, 0) is 108 Å². The van der Waals surface area contributed by atoms with Crippen molar-refractivity contribution in [1.29, 1.82) is 0 Å². The van der Waals surface area contributed by atoms with Crippen LogP contribution in [-0.4, -0.2) is 11.5 Å². The molecule has 6 aromatic carbocycles. The molecule has 0 bridgehead atoms. The minimum absolute atomic E-state index is 0.376. The summed E-state index contributed by atoms with van der Waals surface area (Å²) in [6.45, 7) is 7.40. The molecule has 2 nitrogen and oxygen atoms in total. The van der Waals surface area contributed by atoms with Gasteiger partial charge in [0.25, 0.3) is 0 Å². The first-order valence-corrected chi connectivity index (χ1v) is 16.1. The molecule has 7 aromatic rings. The van der Waals surface area contributed by atoms with Crippen molar-refractivity contribution in [2.75, 3.05) is 6.54 Å². The first-order valence-electron chi connectivity index (χ1n) is 16.1. The molecule has 1 aromatic heterocycles. The molecule has 0 radical (unpaired) electrons. The zero-order valence-corrected chi connectivity index (χ0v) is 26.5. The first kappa shape index (κ1) is 28.0. The van der Waals surface area contributed by atoms with Crippen molar-refractivity contribution in [3.05, 3.63) is 162 Å². The van der Waals surface area contributed by atoms with Crippen LogP contribution in [0.4, 0.5) is 0 Å². The van der Waals surface area contributed by atoms with E-state index in [4.69, 9.17) is 4.98 Å². The average molecular weight is 592 g/mol. The number of aryl methyl sites for hydroxylation is 1. The van der Waals surface area contributed by atoms with Gasteiger partial charge in [0.1, 0.15) is 0 Å². The lowest BCUT2D eigenvalue weighted by atomic mass is 9.84. The highest BCUT2D eigenvalue weighted by Gasteiger charge is 2.18. The number of benzene rings is 6. The number of nitrogens with zero attached hydrogens (tertiary/aromatic N) is 2. The third kappa shape index (κ3) is 4.78. The molecule has 222 valence electrons. The fourth-order valence-corrected chi connectivity index (χ4v) is 7.07. The highest BCUT2D eigenvalue weighted by molar-refractivity contribution is 6.22. The fourth-order valence-electron chi connectivity index (χ4n) is 7.07. The van der Waals surface area contributed by atoms with Crippen LogP contribution in [0, 0.1) is 6.92 Å². The van der Waals surface area contributed by atoms with Crippen molar-refractivity contribution < 1.29 is 0 Å². The van der Waals surface area contributed by atoms with E-state index in [2.05, 4.69) is 154 Å². The van der Waals surface area contributed by atoms with Crippen LogP contribution in [-0.2, 0) is 0 Å². The van der Waals surface area contributed by atoms with Crippen LogP contribution in [0.25, 0.3) is 76.7 Å². The Bertz CT molecular complexity index is 2300. The quantitative estimate of drug-likeness (QED) is 0.183. The van der Waals surface area contributed by atoms with E-state index in [1.54, 1.807) is 0 Å². The number of aromatic nitrogens is 1. The van der Waals surface area contributed by atoms with Crippen molar-refractivity contribution in [2.24, 2.45) is 0 Å². The molecule has 0 spiro atoms. The molecule has 46 heavy (non-hydrogen) atoms. The number of rotatable bonds is 5. The number of pyridine rings is 1. The monoisotopic (exact) mass is 591 g/mol. The number of allylic oxidation sites excluding steroid dienone is 2. The van der Waals surface area contributed by atoms with Gasteiger partial charge in [-0.3, -0.25) is 4.98 Å². The van der Waals surface area contributed by atoms with Crippen molar-refractivity contribution in [1.82, 2.24) is 4.98 Å². The Morgan fingerprint density at radius 2 is 1.24 bits per heavy atom. The van der Waals surface area contributed by atoms with Gasteiger partial charge in [0.2, 0.25) is 0 Å². The predicted molar refractivity (Wildman–Crippen MR) is 197 cm³/mol. The third-order valence-electron chi connectivity index (χ3n) is 9.38. The van der Waals surface area contributed by atoms with Gasteiger partial charge in [0, 0.05) is 11.8 Å². The van der Waals surface area contributed by atoms with Gasteiger partial charge in [-0.1, -0.05) is 117 Å². The molecule has 0 amide bonds. The first-order chi connectivity index (χ1) is 22.6. The summed E-state index contributed by atoms with van der Waals surface area (Å²) in [6.07, 6.45) is 8.34. The van der Waals surface area contributed by atoms with Crippen molar-refractivity contribution in [3.63, 3.8) is 0 Å². The second-order valence-electron chi connectivity index (χ2n) is 12.6. The lowest BCUT2D eigenvalue weighted by molar-refractivity contribution is 0.855. The van der Waals surface area contributed by atoms with Crippen LogP contribution in [0.15, 0.2) is 140 Å². The van der Waals surface area contributed by atoms with Gasteiger partial charge >= 0.3 is 0 Å². The molecule has 0 aliphatic carbocycles. The molecule has 1 aliphatic rings. The van der Waals surface area contributed by atoms with Gasteiger partial charge in [-0.25, -0.2) is 0 Å². The molecular formula is C44H35N2-. The van der Waals surface area contributed by atoms with Gasteiger partial charge < -0.3 is 5.32 Å². The summed E-state index contributed by atoms with van der Waals surface area (Å²) < 4.78 is 0. The summed E-state index contributed by atoms with van der Waals surface area (Å²) >= 11 is 0. The number of fused-ring (bicyclic) bond motifs is 3. The molecule has 0 saturated carbocycles. The van der Waals surface area contributed by atoms with Crippen molar-refractivity contribution >= 4 is 37.9 Å². The van der Waals surface area contributed by atoms with Crippen molar-refractivity contribution in [2.45, 2.75) is 26.7 Å². The molecule has 0 N–H and O–H groups in total. The number of hydrogen-bond acceptors (Lipinski definition) is 1. The second-order valence-corrected chi connectivity index (χ2v) is 12.6. The van der Waals surface area contributed by atoms with E-state index in [1.165, 1.54) is 71.3 Å². The molecule has 1 aliphatic heterocycles. The van der Waals surface area contributed by atoms with Crippen molar-refractivity contribution in [3.8, 4) is 33.5 Å². The van der Waals surface area contributed by atoms with Gasteiger partial charge in [0.15, 0.2) is 0 Å². The van der Waals surface area contributed by atoms with E-state index < -0.39 is 0 Å². The van der Waals surface area contributed by atoms with Crippen LogP contribution in [0.1, 0.15) is 36.5 Å². The maximum absolute atomic E-state index is 4.92. The normalized spacial score (nSPS) is 13.0. The average Bonchev–Trinajstić information content (AvgIpc) is 3.10. The summed E-state index contributed by atoms with van der Waals surface area (Å²) in [5.41, 5.74) is 12.1. The Labute approximate surface area is 270 Å². The molecule has 0 unspecified atom stereocenters. The van der Waals surface area contributed by atoms with Crippen LogP contribution in [0.5, 0.6) is 0 Å². The maximum Gasteiger partial charge on any atom is 0.0708 e.